The molecule has 0 unspecified atom stereocenters. The summed E-state index contributed by atoms with van der Waals surface area (Å²) in [5.74, 6) is 0.709. The molecule has 3 rings (SSSR count). The van der Waals surface area contributed by atoms with Crippen molar-refractivity contribution in [2.75, 3.05) is 6.61 Å². The minimum absolute atomic E-state index is 0.279. The van der Waals surface area contributed by atoms with Crippen LogP contribution in [0.4, 0.5) is 0 Å². The molecule has 0 saturated carbocycles. The monoisotopic (exact) mass is 623 g/mol. The number of hydrogen-bond donors (Lipinski definition) is 0. The molecule has 0 spiro atoms. The molecule has 2 aromatic rings. The number of halogens is 3. The minimum Gasteiger partial charge on any atom is -0.492 e. The van der Waals surface area contributed by atoms with E-state index in [1.165, 1.54) is 0 Å². The molecule has 0 N–H and O–H groups in total. The van der Waals surface area contributed by atoms with Gasteiger partial charge in [0.2, 0.25) is 5.90 Å². The van der Waals surface area contributed by atoms with E-state index in [0.717, 1.165) is 28.5 Å². The number of benzene rings is 2. The first-order valence-electron chi connectivity index (χ1n) is 7.39. The first-order chi connectivity index (χ1) is 12.0. The molecule has 1 aliphatic heterocycles. The van der Waals surface area contributed by atoms with Gasteiger partial charge in [0.05, 0.1) is 19.3 Å². The van der Waals surface area contributed by atoms with Crippen LogP contribution >= 0.6 is 61.1 Å². The summed E-state index contributed by atoms with van der Waals surface area (Å²) in [5.41, 5.74) is 1.90. The molecule has 2 aromatic carbocycles. The van der Waals surface area contributed by atoms with E-state index in [9.17, 15) is 4.79 Å². The Morgan fingerprint density at radius 3 is 2.56 bits per heavy atom. The van der Waals surface area contributed by atoms with E-state index < -0.39 is 5.97 Å². The van der Waals surface area contributed by atoms with Gasteiger partial charge in [-0.05, 0) is 104 Å². The highest BCUT2D eigenvalue weighted by Crippen LogP contribution is 2.31. The topological polar surface area (TPSA) is 47.9 Å². The second-order valence-electron chi connectivity index (χ2n) is 5.06. The fourth-order valence-electron chi connectivity index (χ4n) is 2.26. The Morgan fingerprint density at radius 1 is 1.24 bits per heavy atom. The van der Waals surface area contributed by atoms with E-state index >= 15 is 0 Å². The molecule has 1 heterocycles. The van der Waals surface area contributed by atoms with E-state index in [2.05, 4.69) is 66.1 Å². The number of nitrogens with zero attached hydrogens (tertiary/aromatic N) is 1. The van der Waals surface area contributed by atoms with Crippen LogP contribution in [0.15, 0.2) is 51.6 Å². The smallest absolute Gasteiger partial charge is 0.363 e. The van der Waals surface area contributed by atoms with Crippen molar-refractivity contribution in [3.63, 3.8) is 0 Å². The number of cyclic esters (lactones) is 1. The number of carbonyl (C=O) groups is 1. The maximum Gasteiger partial charge on any atom is 0.363 e. The van der Waals surface area contributed by atoms with Crippen LogP contribution in [0.1, 0.15) is 18.1 Å². The van der Waals surface area contributed by atoms with Crippen LogP contribution in [0.25, 0.3) is 6.08 Å². The Kier molecular flexibility index (Phi) is 6.16. The van der Waals surface area contributed by atoms with Crippen LogP contribution < -0.4 is 4.74 Å². The Labute approximate surface area is 181 Å². The van der Waals surface area contributed by atoms with Gasteiger partial charge in [0.25, 0.3) is 0 Å². The third-order valence-corrected chi connectivity index (χ3v) is 5.63. The van der Waals surface area contributed by atoms with Crippen molar-refractivity contribution >= 4 is 79.1 Å². The van der Waals surface area contributed by atoms with Crippen LogP contribution in [-0.2, 0) is 9.53 Å². The normalized spacial score (nSPS) is 15.3. The number of carbonyl (C=O) groups excluding carboxylic acids is 1. The zero-order valence-electron chi connectivity index (χ0n) is 13.1. The Balaban J connectivity index is 1.96. The Morgan fingerprint density at radius 2 is 1.92 bits per heavy atom. The van der Waals surface area contributed by atoms with Crippen molar-refractivity contribution in [2.24, 2.45) is 4.99 Å². The quantitative estimate of drug-likeness (QED) is 0.260. The minimum atomic E-state index is -0.454. The summed E-state index contributed by atoms with van der Waals surface area (Å²) in [6, 6.07) is 11.4. The number of rotatable bonds is 4. The summed E-state index contributed by atoms with van der Waals surface area (Å²) in [4.78, 5) is 16.5. The van der Waals surface area contributed by atoms with Gasteiger partial charge in [0, 0.05) is 4.47 Å². The SMILES string of the molecule is CCOc1c(I)cc(/C=C2\N=C(c3ccccc3Br)OC2=O)cc1I. The molecule has 0 saturated heterocycles. The summed E-state index contributed by atoms with van der Waals surface area (Å²) >= 11 is 7.90. The highest BCUT2D eigenvalue weighted by molar-refractivity contribution is 14.1. The van der Waals surface area contributed by atoms with Gasteiger partial charge in [0.1, 0.15) is 5.75 Å². The second-order valence-corrected chi connectivity index (χ2v) is 8.24. The average Bonchev–Trinajstić information content (AvgIpc) is 2.92. The highest BCUT2D eigenvalue weighted by atomic mass is 127. The van der Waals surface area contributed by atoms with Crippen LogP contribution in [0.5, 0.6) is 5.75 Å². The van der Waals surface area contributed by atoms with Gasteiger partial charge < -0.3 is 9.47 Å². The molecule has 0 atom stereocenters. The molecule has 128 valence electrons. The fourth-order valence-corrected chi connectivity index (χ4v) is 4.84. The lowest BCUT2D eigenvalue weighted by Gasteiger charge is -2.09. The molecular weight excluding hydrogens is 612 g/mol. The molecule has 0 aliphatic carbocycles. The predicted molar refractivity (Wildman–Crippen MR) is 118 cm³/mol. The molecule has 7 heteroatoms. The Hall–Kier alpha value is -0.940. The lowest BCUT2D eigenvalue weighted by molar-refractivity contribution is -0.129. The van der Waals surface area contributed by atoms with Gasteiger partial charge in [-0.15, -0.1) is 0 Å². The van der Waals surface area contributed by atoms with E-state index in [4.69, 9.17) is 9.47 Å². The number of ether oxygens (including phenoxy) is 2. The number of aliphatic imine (C=N–C) groups is 1. The summed E-state index contributed by atoms with van der Waals surface area (Å²) in [6.45, 7) is 2.56. The van der Waals surface area contributed by atoms with Crippen molar-refractivity contribution in [3.8, 4) is 5.75 Å². The second kappa shape index (κ2) is 8.17. The molecule has 25 heavy (non-hydrogen) atoms. The Bertz CT molecular complexity index is 886. The first kappa shape index (κ1) is 18.8. The summed E-state index contributed by atoms with van der Waals surface area (Å²) in [6.07, 6.45) is 1.73. The molecule has 0 amide bonds. The average molecular weight is 624 g/mol. The van der Waals surface area contributed by atoms with E-state index in [1.807, 2.05) is 43.3 Å². The molecule has 0 fully saturated rings. The van der Waals surface area contributed by atoms with E-state index in [1.54, 1.807) is 6.08 Å². The summed E-state index contributed by atoms with van der Waals surface area (Å²) < 4.78 is 13.8. The molecule has 0 aromatic heterocycles. The van der Waals surface area contributed by atoms with Gasteiger partial charge in [0.15, 0.2) is 5.70 Å². The molecule has 0 radical (unpaired) electrons. The summed E-state index contributed by atoms with van der Waals surface area (Å²) in [5, 5.41) is 0. The van der Waals surface area contributed by atoms with E-state index in [0.29, 0.717) is 12.5 Å². The zero-order chi connectivity index (χ0) is 18.0. The number of hydrogen-bond acceptors (Lipinski definition) is 4. The number of esters is 1. The molecule has 1 aliphatic rings. The van der Waals surface area contributed by atoms with Crippen molar-refractivity contribution < 1.29 is 14.3 Å². The molecule has 0 bridgehead atoms. The van der Waals surface area contributed by atoms with Gasteiger partial charge >= 0.3 is 5.97 Å². The lowest BCUT2D eigenvalue weighted by Crippen LogP contribution is -2.05. The van der Waals surface area contributed by atoms with Crippen LogP contribution in [0.2, 0.25) is 0 Å². The zero-order valence-corrected chi connectivity index (χ0v) is 19.0. The van der Waals surface area contributed by atoms with Crippen LogP contribution in [-0.4, -0.2) is 18.5 Å². The third kappa shape index (κ3) is 4.25. The molecular formula is C18H12BrI2NO3. The van der Waals surface area contributed by atoms with Gasteiger partial charge in [-0.3, -0.25) is 0 Å². The van der Waals surface area contributed by atoms with E-state index in [-0.39, 0.29) is 5.70 Å². The molecule has 4 nitrogen and oxygen atoms in total. The standard InChI is InChI=1S/C18H12BrI2NO3/c1-2-24-16-13(20)7-10(8-14(16)21)9-15-18(23)25-17(22-15)11-5-3-4-6-12(11)19/h3-9H,2H2,1H3/b15-9-. The van der Waals surface area contributed by atoms with Gasteiger partial charge in [-0.2, -0.15) is 0 Å². The summed E-state index contributed by atoms with van der Waals surface area (Å²) in [7, 11) is 0. The highest BCUT2D eigenvalue weighted by Gasteiger charge is 2.25. The van der Waals surface area contributed by atoms with Gasteiger partial charge in [-0.1, -0.05) is 12.1 Å². The van der Waals surface area contributed by atoms with Crippen molar-refractivity contribution in [3.05, 3.63) is 64.8 Å². The van der Waals surface area contributed by atoms with Crippen LogP contribution in [0, 0.1) is 7.14 Å². The third-order valence-electron chi connectivity index (χ3n) is 3.34. The predicted octanol–water partition coefficient (Wildman–Crippen LogP) is 5.40. The maximum absolute atomic E-state index is 12.2. The largest absolute Gasteiger partial charge is 0.492 e. The first-order valence-corrected chi connectivity index (χ1v) is 10.3. The van der Waals surface area contributed by atoms with Gasteiger partial charge in [-0.25, -0.2) is 9.79 Å². The fraction of sp³-hybridized carbons (Fsp3) is 0.111. The van der Waals surface area contributed by atoms with Crippen molar-refractivity contribution in [2.45, 2.75) is 6.92 Å². The lowest BCUT2D eigenvalue weighted by atomic mass is 10.2. The van der Waals surface area contributed by atoms with Crippen molar-refractivity contribution in [1.29, 1.82) is 0 Å². The van der Waals surface area contributed by atoms with Crippen LogP contribution in [0.3, 0.4) is 0 Å². The maximum atomic E-state index is 12.2. The van der Waals surface area contributed by atoms with Crippen molar-refractivity contribution in [1.82, 2.24) is 0 Å².